The second-order valence-electron chi connectivity index (χ2n) is 5.00. The molecular weight excluding hydrogens is 254 g/mol. The van der Waals surface area contributed by atoms with E-state index in [0.717, 1.165) is 18.4 Å². The zero-order valence-electron chi connectivity index (χ0n) is 10.7. The second kappa shape index (κ2) is 5.57. The standard InChI is InChI=1S/C16H17NOS/c18-16(13-8-4-9-13)17-15(14-10-5-11-19-14)12-6-2-1-3-7-12/h1-3,5-7,10-11,13,15H,4,8-9H2,(H,17,18). The summed E-state index contributed by atoms with van der Waals surface area (Å²) in [6, 6.07) is 14.3. The van der Waals surface area contributed by atoms with Gasteiger partial charge in [-0.1, -0.05) is 42.8 Å². The lowest BCUT2D eigenvalue weighted by Crippen LogP contribution is -2.37. The van der Waals surface area contributed by atoms with Crippen LogP contribution < -0.4 is 5.32 Å². The highest BCUT2D eigenvalue weighted by Crippen LogP contribution is 2.30. The fourth-order valence-electron chi connectivity index (χ4n) is 2.35. The third kappa shape index (κ3) is 2.71. The van der Waals surface area contributed by atoms with Crippen LogP contribution in [0.1, 0.15) is 35.7 Å². The number of carbonyl (C=O) groups is 1. The zero-order chi connectivity index (χ0) is 13.1. The highest BCUT2D eigenvalue weighted by Gasteiger charge is 2.28. The van der Waals surface area contributed by atoms with Gasteiger partial charge in [0.25, 0.3) is 0 Å². The molecule has 1 fully saturated rings. The number of amides is 1. The number of carbonyl (C=O) groups excluding carboxylic acids is 1. The predicted molar refractivity (Wildman–Crippen MR) is 78.1 cm³/mol. The molecule has 0 radical (unpaired) electrons. The van der Waals surface area contributed by atoms with Crippen LogP contribution in [0.5, 0.6) is 0 Å². The average Bonchev–Trinajstić information content (AvgIpc) is 2.88. The Labute approximate surface area is 117 Å². The summed E-state index contributed by atoms with van der Waals surface area (Å²) >= 11 is 1.69. The van der Waals surface area contributed by atoms with Crippen LogP contribution in [0.25, 0.3) is 0 Å². The fraction of sp³-hybridized carbons (Fsp3) is 0.312. The van der Waals surface area contributed by atoms with Gasteiger partial charge in [-0.05, 0) is 29.9 Å². The minimum atomic E-state index is -0.00528. The van der Waals surface area contributed by atoms with Gasteiger partial charge in [-0.15, -0.1) is 11.3 Å². The Morgan fingerprint density at radius 1 is 1.16 bits per heavy atom. The summed E-state index contributed by atoms with van der Waals surface area (Å²) in [6.07, 6.45) is 3.27. The van der Waals surface area contributed by atoms with E-state index in [4.69, 9.17) is 0 Å². The van der Waals surface area contributed by atoms with E-state index >= 15 is 0 Å². The van der Waals surface area contributed by atoms with E-state index in [1.54, 1.807) is 11.3 Å². The van der Waals surface area contributed by atoms with Crippen LogP contribution in [-0.2, 0) is 4.79 Å². The van der Waals surface area contributed by atoms with Gasteiger partial charge in [0.1, 0.15) is 0 Å². The summed E-state index contributed by atoms with van der Waals surface area (Å²) in [7, 11) is 0. The molecule has 0 bridgehead atoms. The first kappa shape index (κ1) is 12.4. The Bertz CT molecular complexity index is 531. The SMILES string of the molecule is O=C(NC(c1ccccc1)c1cccs1)C1CCC1. The minimum absolute atomic E-state index is 0.00528. The van der Waals surface area contributed by atoms with Crippen molar-refractivity contribution in [3.05, 3.63) is 58.3 Å². The van der Waals surface area contributed by atoms with Crippen molar-refractivity contribution in [2.24, 2.45) is 5.92 Å². The number of hydrogen-bond acceptors (Lipinski definition) is 2. The molecule has 3 rings (SSSR count). The Balaban J connectivity index is 1.82. The number of rotatable bonds is 4. The number of benzene rings is 1. The number of nitrogens with one attached hydrogen (secondary N) is 1. The van der Waals surface area contributed by atoms with Crippen LogP contribution in [0.2, 0.25) is 0 Å². The van der Waals surface area contributed by atoms with Crippen LogP contribution in [-0.4, -0.2) is 5.91 Å². The lowest BCUT2D eigenvalue weighted by atomic mass is 9.84. The van der Waals surface area contributed by atoms with Crippen LogP contribution in [0.15, 0.2) is 47.8 Å². The summed E-state index contributed by atoms with van der Waals surface area (Å²) in [6.45, 7) is 0. The molecule has 98 valence electrons. The largest absolute Gasteiger partial charge is 0.344 e. The topological polar surface area (TPSA) is 29.1 Å². The maximum atomic E-state index is 12.2. The molecule has 2 nitrogen and oxygen atoms in total. The van der Waals surface area contributed by atoms with Crippen molar-refractivity contribution in [1.29, 1.82) is 0 Å². The van der Waals surface area contributed by atoms with Crippen LogP contribution in [0.4, 0.5) is 0 Å². The smallest absolute Gasteiger partial charge is 0.223 e. The summed E-state index contributed by atoms with van der Waals surface area (Å²) in [5.41, 5.74) is 1.15. The van der Waals surface area contributed by atoms with Crippen molar-refractivity contribution >= 4 is 17.2 Å². The first-order chi connectivity index (χ1) is 9.34. The van der Waals surface area contributed by atoms with Crippen molar-refractivity contribution in [3.8, 4) is 0 Å². The van der Waals surface area contributed by atoms with E-state index in [1.807, 2.05) is 24.3 Å². The minimum Gasteiger partial charge on any atom is -0.344 e. The molecule has 1 unspecified atom stereocenters. The molecule has 1 atom stereocenters. The van der Waals surface area contributed by atoms with Gasteiger partial charge in [0.05, 0.1) is 6.04 Å². The molecule has 1 amide bonds. The van der Waals surface area contributed by atoms with E-state index in [0.29, 0.717) is 0 Å². The number of hydrogen-bond donors (Lipinski definition) is 1. The van der Waals surface area contributed by atoms with E-state index in [-0.39, 0.29) is 17.9 Å². The lowest BCUT2D eigenvalue weighted by Gasteiger charge is -2.27. The maximum Gasteiger partial charge on any atom is 0.223 e. The molecule has 0 aliphatic heterocycles. The van der Waals surface area contributed by atoms with E-state index in [2.05, 4.69) is 28.9 Å². The molecule has 19 heavy (non-hydrogen) atoms. The van der Waals surface area contributed by atoms with Crippen molar-refractivity contribution in [1.82, 2.24) is 5.32 Å². The van der Waals surface area contributed by atoms with E-state index in [1.165, 1.54) is 11.3 Å². The van der Waals surface area contributed by atoms with Crippen LogP contribution in [0.3, 0.4) is 0 Å². The first-order valence-corrected chi connectivity index (χ1v) is 7.61. The average molecular weight is 271 g/mol. The van der Waals surface area contributed by atoms with Gasteiger partial charge in [0.2, 0.25) is 5.91 Å². The molecule has 2 aromatic rings. The summed E-state index contributed by atoms with van der Waals surface area (Å²) < 4.78 is 0. The third-order valence-electron chi connectivity index (χ3n) is 3.72. The van der Waals surface area contributed by atoms with Crippen LogP contribution >= 0.6 is 11.3 Å². The molecule has 1 N–H and O–H groups in total. The zero-order valence-corrected chi connectivity index (χ0v) is 11.5. The molecule has 1 aromatic carbocycles. The maximum absolute atomic E-state index is 12.2. The van der Waals surface area contributed by atoms with Gasteiger partial charge in [-0.25, -0.2) is 0 Å². The van der Waals surface area contributed by atoms with Gasteiger partial charge >= 0.3 is 0 Å². The quantitative estimate of drug-likeness (QED) is 0.901. The molecule has 0 saturated heterocycles. The van der Waals surface area contributed by atoms with E-state index in [9.17, 15) is 4.79 Å². The molecule has 1 aliphatic rings. The predicted octanol–water partition coefficient (Wildman–Crippen LogP) is 3.75. The van der Waals surface area contributed by atoms with Gasteiger partial charge in [0, 0.05) is 10.8 Å². The lowest BCUT2D eigenvalue weighted by molar-refractivity contribution is -0.127. The van der Waals surface area contributed by atoms with Crippen molar-refractivity contribution < 1.29 is 4.79 Å². The Kier molecular flexibility index (Phi) is 3.65. The Hall–Kier alpha value is -1.61. The van der Waals surface area contributed by atoms with Crippen LogP contribution in [0, 0.1) is 5.92 Å². The highest BCUT2D eigenvalue weighted by atomic mass is 32.1. The molecule has 1 heterocycles. The first-order valence-electron chi connectivity index (χ1n) is 6.73. The van der Waals surface area contributed by atoms with E-state index < -0.39 is 0 Å². The normalized spacial score (nSPS) is 16.6. The van der Waals surface area contributed by atoms with Crippen molar-refractivity contribution in [3.63, 3.8) is 0 Å². The molecule has 1 aliphatic carbocycles. The van der Waals surface area contributed by atoms with Crippen molar-refractivity contribution in [2.75, 3.05) is 0 Å². The molecule has 3 heteroatoms. The van der Waals surface area contributed by atoms with Gasteiger partial charge in [-0.2, -0.15) is 0 Å². The summed E-state index contributed by atoms with van der Waals surface area (Å²) in [5.74, 6) is 0.430. The van der Waals surface area contributed by atoms with Gasteiger partial charge in [-0.3, -0.25) is 4.79 Å². The molecular formula is C16H17NOS. The summed E-state index contributed by atoms with van der Waals surface area (Å²) in [4.78, 5) is 13.4. The van der Waals surface area contributed by atoms with Crippen molar-refractivity contribution in [2.45, 2.75) is 25.3 Å². The molecule has 1 aromatic heterocycles. The Morgan fingerprint density at radius 3 is 2.53 bits per heavy atom. The monoisotopic (exact) mass is 271 g/mol. The fourth-order valence-corrected chi connectivity index (χ4v) is 3.15. The van der Waals surface area contributed by atoms with Gasteiger partial charge in [0.15, 0.2) is 0 Å². The molecule has 1 saturated carbocycles. The third-order valence-corrected chi connectivity index (χ3v) is 4.66. The van der Waals surface area contributed by atoms with Gasteiger partial charge < -0.3 is 5.32 Å². The summed E-state index contributed by atoms with van der Waals surface area (Å²) in [5, 5.41) is 5.27. The number of thiophene rings is 1. The highest BCUT2D eigenvalue weighted by molar-refractivity contribution is 7.10. The second-order valence-corrected chi connectivity index (χ2v) is 5.97. The molecule has 0 spiro atoms. The Morgan fingerprint density at radius 2 is 1.95 bits per heavy atom.